The van der Waals surface area contributed by atoms with Crippen LogP contribution in [-0.4, -0.2) is 0 Å². The molecule has 0 heterocycles. The fourth-order valence-corrected chi connectivity index (χ4v) is 12.9. The number of para-hydroxylation sites is 1. The van der Waals surface area contributed by atoms with Gasteiger partial charge in [-0.3, -0.25) is 0 Å². The molecule has 14 rings (SSSR count). The Morgan fingerprint density at radius 2 is 0.627 bits per heavy atom. The van der Waals surface area contributed by atoms with Gasteiger partial charge in [-0.25, -0.2) is 0 Å². The summed E-state index contributed by atoms with van der Waals surface area (Å²) in [6.07, 6.45) is 0. The highest BCUT2D eigenvalue weighted by Gasteiger charge is 2.48. The second-order valence-corrected chi connectivity index (χ2v) is 19.9. The lowest BCUT2D eigenvalue weighted by molar-refractivity contribution is 0.768. The Kier molecular flexibility index (Phi) is 10.7. The molecule has 2 aliphatic rings. The molecular weight excluding hydrogens is 903 g/mol. The summed E-state index contributed by atoms with van der Waals surface area (Å²) in [4.78, 5) is 2.48. The summed E-state index contributed by atoms with van der Waals surface area (Å²) in [5.74, 6) is 0. The van der Waals surface area contributed by atoms with Crippen molar-refractivity contribution in [3.05, 3.63) is 354 Å². The van der Waals surface area contributed by atoms with Crippen LogP contribution in [0.2, 0.25) is 0 Å². The average Bonchev–Trinajstić information content (AvgIpc) is 3.98. The zero-order valence-electron chi connectivity index (χ0n) is 41.4. The van der Waals surface area contributed by atoms with E-state index in [0.717, 1.165) is 28.2 Å². The van der Waals surface area contributed by atoms with Gasteiger partial charge in [0.25, 0.3) is 0 Å². The van der Waals surface area contributed by atoms with Crippen LogP contribution in [0, 0.1) is 0 Å². The van der Waals surface area contributed by atoms with Gasteiger partial charge in [0, 0.05) is 16.9 Å². The molecule has 2 aliphatic carbocycles. The highest BCUT2D eigenvalue weighted by atomic mass is 15.1. The smallest absolute Gasteiger partial charge is 0.0714 e. The SMILES string of the molecule is c1ccc(-c2cccc(-c3ccccc3N(c3ccc(-c4cccc5c4-c4ccccc4C5(c4ccccc4)c4ccccc4)cc3)c3ccc4c(c3)C(c3ccccc3)(c3ccccc3)c3ccccc3-4)c2)cc1. The summed E-state index contributed by atoms with van der Waals surface area (Å²) in [6.45, 7) is 0. The number of anilines is 3. The van der Waals surface area contributed by atoms with Crippen molar-refractivity contribution in [3.8, 4) is 55.6 Å². The molecule has 12 aromatic rings. The van der Waals surface area contributed by atoms with Gasteiger partial charge in [-0.1, -0.05) is 273 Å². The lowest BCUT2D eigenvalue weighted by atomic mass is 9.67. The molecule has 0 saturated heterocycles. The van der Waals surface area contributed by atoms with Crippen LogP contribution in [-0.2, 0) is 10.8 Å². The van der Waals surface area contributed by atoms with Crippen LogP contribution in [0.25, 0.3) is 55.6 Å². The highest BCUT2D eigenvalue weighted by Crippen LogP contribution is 2.60. The van der Waals surface area contributed by atoms with E-state index in [9.17, 15) is 0 Å². The number of rotatable bonds is 10. The normalized spacial score (nSPS) is 13.3. The third kappa shape index (κ3) is 6.93. The lowest BCUT2D eigenvalue weighted by Gasteiger charge is -2.35. The quantitative estimate of drug-likeness (QED) is 0.132. The van der Waals surface area contributed by atoms with E-state index in [2.05, 4.69) is 314 Å². The average molecular weight is 954 g/mol. The van der Waals surface area contributed by atoms with E-state index in [1.165, 1.54) is 89.0 Å². The first-order valence-electron chi connectivity index (χ1n) is 26.1. The van der Waals surface area contributed by atoms with Crippen molar-refractivity contribution in [2.45, 2.75) is 10.8 Å². The minimum absolute atomic E-state index is 0.481. The van der Waals surface area contributed by atoms with Gasteiger partial charge in [0.15, 0.2) is 0 Å². The highest BCUT2D eigenvalue weighted by molar-refractivity contribution is 5.97. The maximum atomic E-state index is 2.48. The van der Waals surface area contributed by atoms with Crippen molar-refractivity contribution in [1.82, 2.24) is 0 Å². The Morgan fingerprint density at radius 1 is 0.213 bits per heavy atom. The van der Waals surface area contributed by atoms with Gasteiger partial charge >= 0.3 is 0 Å². The van der Waals surface area contributed by atoms with Gasteiger partial charge in [0.05, 0.1) is 16.5 Å². The van der Waals surface area contributed by atoms with Gasteiger partial charge in [-0.05, 0) is 131 Å². The molecule has 352 valence electrons. The number of nitrogens with zero attached hydrogens (tertiary/aromatic N) is 1. The summed E-state index contributed by atoms with van der Waals surface area (Å²) in [7, 11) is 0. The Bertz CT molecular complexity index is 3950. The Labute approximate surface area is 440 Å². The van der Waals surface area contributed by atoms with Gasteiger partial charge in [0.1, 0.15) is 0 Å². The Hall–Kier alpha value is -9.56. The molecule has 1 heteroatoms. The van der Waals surface area contributed by atoms with E-state index in [0.29, 0.717) is 0 Å². The van der Waals surface area contributed by atoms with E-state index in [1.807, 2.05) is 0 Å². The lowest BCUT2D eigenvalue weighted by Crippen LogP contribution is -2.28. The first-order chi connectivity index (χ1) is 37.2. The molecule has 0 aromatic heterocycles. The van der Waals surface area contributed by atoms with Gasteiger partial charge in [-0.2, -0.15) is 0 Å². The van der Waals surface area contributed by atoms with Gasteiger partial charge < -0.3 is 4.90 Å². The molecule has 0 spiro atoms. The number of hydrogen-bond donors (Lipinski definition) is 0. The second kappa shape index (κ2) is 18.2. The molecule has 0 N–H and O–H groups in total. The molecule has 0 aliphatic heterocycles. The zero-order valence-corrected chi connectivity index (χ0v) is 41.4. The van der Waals surface area contributed by atoms with Gasteiger partial charge in [0.2, 0.25) is 0 Å². The minimum Gasteiger partial charge on any atom is -0.310 e. The topological polar surface area (TPSA) is 3.24 Å². The molecule has 0 unspecified atom stereocenters. The minimum atomic E-state index is -0.553. The summed E-state index contributed by atoms with van der Waals surface area (Å²) in [5, 5.41) is 0. The van der Waals surface area contributed by atoms with E-state index in [1.54, 1.807) is 0 Å². The van der Waals surface area contributed by atoms with Crippen LogP contribution in [0.15, 0.2) is 309 Å². The molecule has 12 aromatic carbocycles. The fraction of sp³-hybridized carbons (Fsp3) is 0.0270. The molecule has 0 atom stereocenters. The van der Waals surface area contributed by atoms with Crippen molar-refractivity contribution >= 4 is 17.1 Å². The number of fused-ring (bicyclic) bond motifs is 6. The van der Waals surface area contributed by atoms with Crippen LogP contribution in [0.4, 0.5) is 17.1 Å². The summed E-state index contributed by atoms with van der Waals surface area (Å²) in [6, 6.07) is 114. The third-order valence-corrected chi connectivity index (χ3v) is 16.0. The standard InChI is InChI=1S/C74H51N/c1-6-24-52(25-7-1)54-26-22-27-55(50-54)62-36-18-21-43-71(62)75(61-48-49-65-64-37-16-19-40-67(64)74(70(65)51-61,58-32-12-4-13-33-58)59-34-14-5-15-35-59)60-46-44-53(45-47-60)63-39-23-42-69-72(63)66-38-17-20-41-68(66)73(69,56-28-8-2-9-29-56)57-30-10-3-11-31-57/h1-51H. The molecule has 1 nitrogen and oxygen atoms in total. The van der Waals surface area contributed by atoms with Crippen LogP contribution in [0.5, 0.6) is 0 Å². The van der Waals surface area contributed by atoms with Crippen molar-refractivity contribution in [3.63, 3.8) is 0 Å². The Balaban J connectivity index is 0.978. The Morgan fingerprint density at radius 3 is 1.24 bits per heavy atom. The van der Waals surface area contributed by atoms with E-state index >= 15 is 0 Å². The third-order valence-electron chi connectivity index (χ3n) is 16.0. The molecule has 0 bridgehead atoms. The zero-order chi connectivity index (χ0) is 49.8. The molecule has 0 saturated carbocycles. The summed E-state index contributed by atoms with van der Waals surface area (Å²) < 4.78 is 0. The molecule has 75 heavy (non-hydrogen) atoms. The molecule has 0 amide bonds. The predicted octanol–water partition coefficient (Wildman–Crippen LogP) is 18.9. The molecular formula is C74H51N. The summed E-state index contributed by atoms with van der Waals surface area (Å²) >= 11 is 0. The summed E-state index contributed by atoms with van der Waals surface area (Å²) in [5.41, 5.74) is 24.5. The van der Waals surface area contributed by atoms with E-state index in [4.69, 9.17) is 0 Å². The molecule has 0 radical (unpaired) electrons. The number of benzene rings is 12. The second-order valence-electron chi connectivity index (χ2n) is 19.9. The van der Waals surface area contributed by atoms with E-state index < -0.39 is 10.8 Å². The number of hydrogen-bond acceptors (Lipinski definition) is 1. The molecule has 0 fully saturated rings. The van der Waals surface area contributed by atoms with Crippen molar-refractivity contribution < 1.29 is 0 Å². The monoisotopic (exact) mass is 953 g/mol. The van der Waals surface area contributed by atoms with Crippen molar-refractivity contribution in [2.75, 3.05) is 4.90 Å². The largest absolute Gasteiger partial charge is 0.310 e. The maximum absolute atomic E-state index is 2.48. The van der Waals surface area contributed by atoms with Crippen LogP contribution >= 0.6 is 0 Å². The maximum Gasteiger partial charge on any atom is 0.0714 e. The van der Waals surface area contributed by atoms with E-state index in [-0.39, 0.29) is 0 Å². The first kappa shape index (κ1) is 44.2. The van der Waals surface area contributed by atoms with Crippen LogP contribution in [0.1, 0.15) is 44.5 Å². The fourth-order valence-electron chi connectivity index (χ4n) is 12.9. The van der Waals surface area contributed by atoms with Crippen molar-refractivity contribution in [2.24, 2.45) is 0 Å². The predicted molar refractivity (Wildman–Crippen MR) is 312 cm³/mol. The van der Waals surface area contributed by atoms with Crippen LogP contribution in [0.3, 0.4) is 0 Å². The van der Waals surface area contributed by atoms with Crippen LogP contribution < -0.4 is 4.90 Å². The van der Waals surface area contributed by atoms with Crippen molar-refractivity contribution in [1.29, 1.82) is 0 Å². The van der Waals surface area contributed by atoms with Gasteiger partial charge in [-0.15, -0.1) is 0 Å². The first-order valence-corrected chi connectivity index (χ1v) is 26.1.